The topological polar surface area (TPSA) is 81.9 Å². The maximum atomic E-state index is 12.3. The van der Waals surface area contributed by atoms with E-state index < -0.39 is 0 Å². The van der Waals surface area contributed by atoms with E-state index in [1.54, 1.807) is 4.68 Å². The van der Waals surface area contributed by atoms with Crippen molar-refractivity contribution in [3.05, 3.63) is 60.2 Å². The normalized spacial score (nSPS) is 11.8. The molecule has 0 bridgehead atoms. The zero-order valence-corrected chi connectivity index (χ0v) is 17.4. The third kappa shape index (κ3) is 6.05. The number of aryl methyl sites for hydroxylation is 1. The van der Waals surface area contributed by atoms with Gasteiger partial charge in [-0.15, -0.1) is 5.10 Å². The van der Waals surface area contributed by atoms with Gasteiger partial charge in [0.05, 0.1) is 12.4 Å². The zero-order valence-electron chi connectivity index (χ0n) is 16.6. The Balaban J connectivity index is 1.53. The van der Waals surface area contributed by atoms with Crippen molar-refractivity contribution in [3.8, 4) is 11.4 Å². The summed E-state index contributed by atoms with van der Waals surface area (Å²) in [7, 11) is 0. The number of benzene rings is 2. The highest BCUT2D eigenvalue weighted by molar-refractivity contribution is 7.99. The van der Waals surface area contributed by atoms with Gasteiger partial charge in [0, 0.05) is 6.04 Å². The fourth-order valence-electron chi connectivity index (χ4n) is 2.88. The second kappa shape index (κ2) is 10.6. The van der Waals surface area contributed by atoms with Crippen molar-refractivity contribution in [1.29, 1.82) is 0 Å². The number of carbonyl (C=O) groups excluding carboxylic acids is 1. The fourth-order valence-corrected chi connectivity index (χ4v) is 3.57. The summed E-state index contributed by atoms with van der Waals surface area (Å²) in [6.07, 6.45) is 1.82. The second-order valence-electron chi connectivity index (χ2n) is 6.56. The molecule has 3 aromatic rings. The van der Waals surface area contributed by atoms with Gasteiger partial charge in [-0.1, -0.05) is 54.2 Å². The van der Waals surface area contributed by atoms with Gasteiger partial charge in [0.25, 0.3) is 0 Å². The molecule has 0 aliphatic carbocycles. The van der Waals surface area contributed by atoms with Crippen LogP contribution in [0.3, 0.4) is 0 Å². The highest BCUT2D eigenvalue weighted by atomic mass is 32.2. The largest absolute Gasteiger partial charge is 0.492 e. The van der Waals surface area contributed by atoms with Gasteiger partial charge in [-0.25, -0.2) is 0 Å². The predicted octanol–water partition coefficient (Wildman–Crippen LogP) is 3.29. The average molecular weight is 412 g/mol. The van der Waals surface area contributed by atoms with Crippen LogP contribution in [0.4, 0.5) is 0 Å². The van der Waals surface area contributed by atoms with Crippen molar-refractivity contribution in [2.75, 3.05) is 12.4 Å². The minimum absolute atomic E-state index is 0.0387. The Hall–Kier alpha value is -2.87. The van der Waals surface area contributed by atoms with E-state index in [-0.39, 0.29) is 17.7 Å². The molecule has 0 aliphatic rings. The summed E-state index contributed by atoms with van der Waals surface area (Å²) < 4.78 is 7.25. The van der Waals surface area contributed by atoms with E-state index in [1.165, 1.54) is 17.3 Å². The summed E-state index contributed by atoms with van der Waals surface area (Å²) in [5, 5.41) is 15.4. The van der Waals surface area contributed by atoms with Gasteiger partial charge >= 0.3 is 0 Å². The van der Waals surface area contributed by atoms with Gasteiger partial charge in [-0.05, 0) is 54.8 Å². The van der Waals surface area contributed by atoms with Crippen LogP contribution in [0.5, 0.6) is 5.75 Å². The number of hydrogen-bond acceptors (Lipinski definition) is 6. The lowest BCUT2D eigenvalue weighted by Crippen LogP contribution is -2.34. The number of aromatic nitrogens is 4. The van der Waals surface area contributed by atoms with Crippen LogP contribution in [0, 0.1) is 0 Å². The molecule has 0 fully saturated rings. The molecule has 8 heteroatoms. The molecular weight excluding hydrogens is 386 g/mol. The number of amides is 1. The van der Waals surface area contributed by atoms with Gasteiger partial charge in [0.1, 0.15) is 11.4 Å². The van der Waals surface area contributed by atoms with Gasteiger partial charge in [0.15, 0.2) is 0 Å². The number of ether oxygens (including phenoxy) is 1. The van der Waals surface area contributed by atoms with Gasteiger partial charge < -0.3 is 10.1 Å². The molecule has 1 amide bonds. The summed E-state index contributed by atoms with van der Waals surface area (Å²) in [5.74, 6) is 0.902. The molecule has 1 heterocycles. The number of thioether (sulfide) groups is 1. The Morgan fingerprint density at radius 2 is 1.93 bits per heavy atom. The lowest BCUT2D eigenvalue weighted by molar-refractivity contribution is -0.119. The first-order valence-electron chi connectivity index (χ1n) is 9.64. The van der Waals surface area contributed by atoms with E-state index in [4.69, 9.17) is 4.74 Å². The number of tetrazole rings is 1. The predicted molar refractivity (Wildman–Crippen MR) is 113 cm³/mol. The number of nitrogens with zero attached hydrogens (tertiary/aromatic N) is 4. The molecule has 29 heavy (non-hydrogen) atoms. The SMILES string of the molecule is CCOc1ccccc1-n1nnnc1SCC(=O)N[C@@H](C)CCc1ccccc1. The first kappa shape index (κ1) is 20.9. The standard InChI is InChI=1S/C21H25N5O2S/c1-3-28-19-12-8-7-11-18(19)26-21(23-24-25-26)29-15-20(27)22-16(2)13-14-17-9-5-4-6-10-17/h4-12,16H,3,13-15H2,1-2H3,(H,22,27)/t16-/m0/s1. The number of para-hydroxylation sites is 2. The summed E-state index contributed by atoms with van der Waals surface area (Å²) in [4.78, 5) is 12.3. The number of rotatable bonds is 10. The Labute approximate surface area is 174 Å². The van der Waals surface area contributed by atoms with Gasteiger partial charge in [-0.2, -0.15) is 4.68 Å². The quantitative estimate of drug-likeness (QED) is 0.516. The number of hydrogen-bond donors (Lipinski definition) is 1. The van der Waals surface area contributed by atoms with Crippen LogP contribution >= 0.6 is 11.8 Å². The minimum Gasteiger partial charge on any atom is -0.492 e. The van der Waals surface area contributed by atoms with Crippen LogP contribution in [0.1, 0.15) is 25.8 Å². The van der Waals surface area contributed by atoms with Crippen LogP contribution in [0.15, 0.2) is 59.8 Å². The monoisotopic (exact) mass is 411 g/mol. The van der Waals surface area contributed by atoms with Crippen LogP contribution < -0.4 is 10.1 Å². The van der Waals surface area contributed by atoms with Crippen LogP contribution in [-0.2, 0) is 11.2 Å². The Morgan fingerprint density at radius 3 is 2.72 bits per heavy atom. The molecule has 1 atom stereocenters. The molecule has 7 nitrogen and oxygen atoms in total. The zero-order chi connectivity index (χ0) is 20.5. The molecule has 0 radical (unpaired) electrons. The molecule has 1 N–H and O–H groups in total. The van der Waals surface area contributed by atoms with E-state index in [2.05, 4.69) is 33.0 Å². The van der Waals surface area contributed by atoms with Crippen molar-refractivity contribution < 1.29 is 9.53 Å². The molecule has 2 aromatic carbocycles. The van der Waals surface area contributed by atoms with Crippen LogP contribution in [0.2, 0.25) is 0 Å². The lowest BCUT2D eigenvalue weighted by atomic mass is 10.1. The van der Waals surface area contributed by atoms with Crippen molar-refractivity contribution in [2.24, 2.45) is 0 Å². The van der Waals surface area contributed by atoms with Crippen LogP contribution in [-0.4, -0.2) is 44.5 Å². The third-order valence-electron chi connectivity index (χ3n) is 4.28. The molecule has 152 valence electrons. The summed E-state index contributed by atoms with van der Waals surface area (Å²) in [6.45, 7) is 4.49. The Kier molecular flexibility index (Phi) is 7.63. The molecule has 3 rings (SSSR count). The summed E-state index contributed by atoms with van der Waals surface area (Å²) in [6, 6.07) is 17.9. The molecule has 0 spiro atoms. The Morgan fingerprint density at radius 1 is 1.17 bits per heavy atom. The van der Waals surface area contributed by atoms with E-state index in [0.717, 1.165) is 18.5 Å². The van der Waals surface area contributed by atoms with E-state index >= 15 is 0 Å². The molecule has 1 aromatic heterocycles. The van der Waals surface area contributed by atoms with Crippen molar-refractivity contribution in [1.82, 2.24) is 25.5 Å². The van der Waals surface area contributed by atoms with Gasteiger partial charge in [0.2, 0.25) is 11.1 Å². The second-order valence-corrected chi connectivity index (χ2v) is 7.50. The highest BCUT2D eigenvalue weighted by Crippen LogP contribution is 2.25. The number of carbonyl (C=O) groups is 1. The maximum Gasteiger partial charge on any atom is 0.230 e. The van der Waals surface area contributed by atoms with E-state index in [1.807, 2.05) is 56.3 Å². The van der Waals surface area contributed by atoms with E-state index in [9.17, 15) is 4.79 Å². The highest BCUT2D eigenvalue weighted by Gasteiger charge is 2.15. The maximum absolute atomic E-state index is 12.3. The minimum atomic E-state index is -0.0387. The first-order valence-corrected chi connectivity index (χ1v) is 10.6. The van der Waals surface area contributed by atoms with Crippen molar-refractivity contribution in [2.45, 2.75) is 37.9 Å². The third-order valence-corrected chi connectivity index (χ3v) is 5.20. The molecule has 0 saturated heterocycles. The van der Waals surface area contributed by atoms with Crippen molar-refractivity contribution >= 4 is 17.7 Å². The smallest absolute Gasteiger partial charge is 0.230 e. The fraction of sp³-hybridized carbons (Fsp3) is 0.333. The molecule has 0 saturated carbocycles. The van der Waals surface area contributed by atoms with Crippen molar-refractivity contribution in [3.63, 3.8) is 0 Å². The van der Waals surface area contributed by atoms with E-state index in [0.29, 0.717) is 17.5 Å². The summed E-state index contributed by atoms with van der Waals surface area (Å²) in [5.41, 5.74) is 2.02. The first-order chi connectivity index (χ1) is 14.2. The molecule has 0 unspecified atom stereocenters. The average Bonchev–Trinajstić information content (AvgIpc) is 3.21. The molecular formula is C21H25N5O2S. The molecule has 0 aliphatic heterocycles. The number of nitrogens with one attached hydrogen (secondary N) is 1. The van der Waals surface area contributed by atoms with Gasteiger partial charge in [-0.3, -0.25) is 4.79 Å². The van der Waals surface area contributed by atoms with Crippen LogP contribution in [0.25, 0.3) is 5.69 Å². The lowest BCUT2D eigenvalue weighted by Gasteiger charge is -2.14. The Bertz CT molecular complexity index is 916. The summed E-state index contributed by atoms with van der Waals surface area (Å²) >= 11 is 1.30.